The van der Waals surface area contributed by atoms with Crippen LogP contribution in [0.4, 0.5) is 5.69 Å². The molecular formula is C20H15NO3S. The number of hydrogen-bond acceptors (Lipinski definition) is 4. The second-order valence-electron chi connectivity index (χ2n) is 5.94. The van der Waals surface area contributed by atoms with Gasteiger partial charge in [-0.2, -0.15) is 0 Å². The third-order valence-electron chi connectivity index (χ3n) is 4.19. The van der Waals surface area contributed by atoms with Crippen molar-refractivity contribution in [2.75, 3.05) is 11.9 Å². The van der Waals surface area contributed by atoms with Crippen LogP contribution in [0, 0.1) is 6.92 Å². The van der Waals surface area contributed by atoms with Gasteiger partial charge < -0.3 is 9.32 Å². The number of carbonyl (C=O) groups excluding carboxylic acids is 1. The van der Waals surface area contributed by atoms with Crippen molar-refractivity contribution in [1.82, 2.24) is 0 Å². The third kappa shape index (κ3) is 2.62. The second kappa shape index (κ2) is 5.86. The van der Waals surface area contributed by atoms with Crippen LogP contribution in [0.1, 0.15) is 15.2 Å². The molecule has 2 aromatic heterocycles. The molecule has 0 radical (unpaired) electrons. The zero-order valence-electron chi connectivity index (χ0n) is 13.8. The number of anilines is 1. The number of thiophene rings is 1. The quantitative estimate of drug-likeness (QED) is 0.497. The smallest absolute Gasteiger partial charge is 0.345 e. The lowest BCUT2D eigenvalue weighted by atomic mass is 10.1. The molecule has 0 bridgehead atoms. The Bertz CT molecular complexity index is 1160. The maximum atomic E-state index is 12.8. The molecule has 2 heterocycles. The molecule has 0 spiro atoms. The summed E-state index contributed by atoms with van der Waals surface area (Å²) in [5.74, 6) is -0.146. The van der Waals surface area contributed by atoms with Crippen LogP contribution < -0.4 is 10.5 Å². The van der Waals surface area contributed by atoms with Gasteiger partial charge in [0.25, 0.3) is 5.91 Å². The first-order chi connectivity index (χ1) is 12.0. The monoisotopic (exact) mass is 349 g/mol. The average Bonchev–Trinajstić information content (AvgIpc) is 3.08. The molecule has 0 aliphatic heterocycles. The fourth-order valence-corrected chi connectivity index (χ4v) is 3.99. The number of fused-ring (bicyclic) bond motifs is 3. The summed E-state index contributed by atoms with van der Waals surface area (Å²) in [5, 5.41) is 1.31. The van der Waals surface area contributed by atoms with Gasteiger partial charge >= 0.3 is 5.63 Å². The number of nitrogens with zero attached hydrogens (tertiary/aromatic N) is 1. The lowest BCUT2D eigenvalue weighted by molar-refractivity contribution is 0.0997. The minimum Gasteiger partial charge on any atom is -0.422 e. The van der Waals surface area contributed by atoms with Gasteiger partial charge in [0.15, 0.2) is 0 Å². The Kier molecular flexibility index (Phi) is 3.66. The summed E-state index contributed by atoms with van der Waals surface area (Å²) in [6, 6.07) is 16.7. The van der Waals surface area contributed by atoms with Gasteiger partial charge in [-0.15, -0.1) is 11.3 Å². The molecule has 0 fully saturated rings. The maximum Gasteiger partial charge on any atom is 0.345 e. The van der Waals surface area contributed by atoms with E-state index in [9.17, 15) is 9.59 Å². The number of amides is 1. The van der Waals surface area contributed by atoms with Crippen LogP contribution in [0.15, 0.2) is 63.8 Å². The molecule has 0 aliphatic rings. The average molecular weight is 349 g/mol. The van der Waals surface area contributed by atoms with E-state index in [-0.39, 0.29) is 5.91 Å². The van der Waals surface area contributed by atoms with Crippen molar-refractivity contribution in [3.63, 3.8) is 0 Å². The molecular weight excluding hydrogens is 334 g/mol. The molecule has 2 aromatic carbocycles. The van der Waals surface area contributed by atoms with E-state index < -0.39 is 5.63 Å². The molecule has 0 aliphatic carbocycles. The predicted molar refractivity (Wildman–Crippen MR) is 102 cm³/mol. The Balaban J connectivity index is 1.88. The summed E-state index contributed by atoms with van der Waals surface area (Å²) in [7, 11) is 1.73. The minimum absolute atomic E-state index is 0.146. The first-order valence-corrected chi connectivity index (χ1v) is 8.66. The van der Waals surface area contributed by atoms with Gasteiger partial charge in [0, 0.05) is 18.1 Å². The summed E-state index contributed by atoms with van der Waals surface area (Å²) >= 11 is 1.33. The van der Waals surface area contributed by atoms with Crippen LogP contribution in [-0.4, -0.2) is 13.0 Å². The van der Waals surface area contributed by atoms with Crippen molar-refractivity contribution in [3.8, 4) is 0 Å². The zero-order chi connectivity index (χ0) is 17.6. The van der Waals surface area contributed by atoms with Crippen molar-refractivity contribution in [1.29, 1.82) is 0 Å². The predicted octanol–water partition coefficient (Wildman–Crippen LogP) is 4.59. The number of para-hydroxylation sites is 1. The van der Waals surface area contributed by atoms with Crippen LogP contribution in [0.5, 0.6) is 0 Å². The minimum atomic E-state index is -0.413. The summed E-state index contributed by atoms with van der Waals surface area (Å²) in [4.78, 5) is 27.2. The standard InChI is InChI=1S/C20H15NO3S/c1-12-8-9-16-14(10-12)18-15(20(23)24-16)11-17(25-18)19(22)21(2)13-6-4-3-5-7-13/h3-11H,1-2H3. The van der Waals surface area contributed by atoms with Crippen LogP contribution in [0.25, 0.3) is 21.1 Å². The van der Waals surface area contributed by atoms with E-state index in [1.54, 1.807) is 24.1 Å². The van der Waals surface area contributed by atoms with Crippen molar-refractivity contribution in [2.45, 2.75) is 6.92 Å². The van der Waals surface area contributed by atoms with Gasteiger partial charge in [0.05, 0.1) is 15.0 Å². The number of aryl methyl sites for hydroxylation is 1. The molecule has 124 valence electrons. The van der Waals surface area contributed by atoms with Crippen molar-refractivity contribution in [2.24, 2.45) is 0 Å². The third-order valence-corrected chi connectivity index (χ3v) is 5.35. The molecule has 0 saturated carbocycles. The molecule has 1 amide bonds. The second-order valence-corrected chi connectivity index (χ2v) is 6.99. The number of hydrogen-bond donors (Lipinski definition) is 0. The zero-order valence-corrected chi connectivity index (χ0v) is 14.6. The molecule has 0 saturated heterocycles. The fraction of sp³-hybridized carbons (Fsp3) is 0.100. The Morgan fingerprint density at radius 3 is 2.56 bits per heavy atom. The molecule has 25 heavy (non-hydrogen) atoms. The van der Waals surface area contributed by atoms with Crippen LogP contribution >= 0.6 is 11.3 Å². The normalized spacial score (nSPS) is 11.1. The summed E-state index contributed by atoms with van der Waals surface area (Å²) in [5.41, 5.74) is 2.01. The van der Waals surface area contributed by atoms with E-state index in [1.807, 2.05) is 49.4 Å². The van der Waals surface area contributed by atoms with Crippen LogP contribution in [0.2, 0.25) is 0 Å². The fourth-order valence-electron chi connectivity index (χ4n) is 2.85. The van der Waals surface area contributed by atoms with Crippen molar-refractivity contribution < 1.29 is 9.21 Å². The molecule has 0 atom stereocenters. The van der Waals surface area contributed by atoms with Crippen LogP contribution in [0.3, 0.4) is 0 Å². The largest absolute Gasteiger partial charge is 0.422 e. The van der Waals surface area contributed by atoms with Gasteiger partial charge in [-0.25, -0.2) is 4.79 Å². The van der Waals surface area contributed by atoms with Gasteiger partial charge in [-0.1, -0.05) is 29.8 Å². The van der Waals surface area contributed by atoms with Gasteiger partial charge in [0.1, 0.15) is 5.58 Å². The SMILES string of the molecule is Cc1ccc2oc(=O)c3cc(C(=O)N(C)c4ccccc4)sc3c2c1. The Morgan fingerprint density at radius 1 is 1.04 bits per heavy atom. The van der Waals surface area contributed by atoms with E-state index >= 15 is 0 Å². The highest BCUT2D eigenvalue weighted by Crippen LogP contribution is 2.32. The summed E-state index contributed by atoms with van der Waals surface area (Å²) in [6.07, 6.45) is 0. The lowest BCUT2D eigenvalue weighted by Crippen LogP contribution is -2.25. The lowest BCUT2D eigenvalue weighted by Gasteiger charge is -2.15. The van der Waals surface area contributed by atoms with Gasteiger partial charge in [-0.3, -0.25) is 4.79 Å². The van der Waals surface area contributed by atoms with E-state index in [0.717, 1.165) is 21.3 Å². The Hall–Kier alpha value is -2.92. The van der Waals surface area contributed by atoms with Gasteiger partial charge in [0.2, 0.25) is 0 Å². The van der Waals surface area contributed by atoms with Crippen molar-refractivity contribution in [3.05, 3.63) is 75.5 Å². The number of rotatable bonds is 2. The molecule has 0 unspecified atom stereocenters. The number of benzene rings is 2. The molecule has 4 rings (SSSR count). The summed E-state index contributed by atoms with van der Waals surface area (Å²) < 4.78 is 6.19. The van der Waals surface area contributed by atoms with Gasteiger partial charge in [-0.05, 0) is 37.3 Å². The highest BCUT2D eigenvalue weighted by Gasteiger charge is 2.19. The van der Waals surface area contributed by atoms with Crippen molar-refractivity contribution >= 4 is 44.0 Å². The maximum absolute atomic E-state index is 12.8. The molecule has 4 aromatic rings. The van der Waals surface area contributed by atoms with E-state index in [1.165, 1.54) is 11.3 Å². The highest BCUT2D eigenvalue weighted by molar-refractivity contribution is 7.21. The molecule has 0 N–H and O–H groups in total. The van der Waals surface area contributed by atoms with Crippen LogP contribution in [-0.2, 0) is 0 Å². The molecule has 4 nitrogen and oxygen atoms in total. The number of carbonyl (C=O) groups is 1. The first-order valence-electron chi connectivity index (χ1n) is 7.85. The Labute approximate surface area is 147 Å². The van der Waals surface area contributed by atoms with E-state index in [0.29, 0.717) is 15.8 Å². The summed E-state index contributed by atoms with van der Waals surface area (Å²) in [6.45, 7) is 1.99. The van der Waals surface area contributed by atoms with E-state index in [2.05, 4.69) is 0 Å². The highest BCUT2D eigenvalue weighted by atomic mass is 32.1. The molecule has 5 heteroatoms. The van der Waals surface area contributed by atoms with E-state index in [4.69, 9.17) is 4.42 Å². The Morgan fingerprint density at radius 2 is 1.80 bits per heavy atom. The first kappa shape index (κ1) is 15.6. The topological polar surface area (TPSA) is 50.5 Å².